The Balaban J connectivity index is 1.65. The van der Waals surface area contributed by atoms with Crippen molar-refractivity contribution in [3.8, 4) is 17.3 Å². The van der Waals surface area contributed by atoms with Crippen LogP contribution in [0.1, 0.15) is 28.8 Å². The Morgan fingerprint density at radius 3 is 2.81 bits per heavy atom. The van der Waals surface area contributed by atoms with Gasteiger partial charge in [0.25, 0.3) is 0 Å². The lowest BCUT2D eigenvalue weighted by atomic mass is 9.98. The van der Waals surface area contributed by atoms with Crippen molar-refractivity contribution < 1.29 is 14.7 Å². The predicted molar refractivity (Wildman–Crippen MR) is 116 cm³/mol. The number of aryl methyl sites for hydroxylation is 1. The molecule has 3 aromatic rings. The van der Waals surface area contributed by atoms with Crippen LogP contribution in [0.15, 0.2) is 36.5 Å². The van der Waals surface area contributed by atoms with Gasteiger partial charge in [-0.05, 0) is 42.5 Å². The molecule has 2 aromatic heterocycles. The first-order chi connectivity index (χ1) is 14.9. The van der Waals surface area contributed by atoms with Crippen molar-refractivity contribution in [2.24, 2.45) is 11.8 Å². The Bertz CT molecular complexity index is 1250. The van der Waals surface area contributed by atoms with E-state index in [0.717, 1.165) is 16.5 Å². The van der Waals surface area contributed by atoms with E-state index in [-0.39, 0.29) is 36.6 Å². The zero-order chi connectivity index (χ0) is 22.1. The molecular weight excluding hydrogens is 394 g/mol. The Kier molecular flexibility index (Phi) is 5.36. The molecule has 2 heterocycles. The van der Waals surface area contributed by atoms with Crippen molar-refractivity contribution in [1.82, 2.24) is 9.97 Å². The Morgan fingerprint density at radius 1 is 1.32 bits per heavy atom. The van der Waals surface area contributed by atoms with Gasteiger partial charge in [-0.25, -0.2) is 9.97 Å². The highest BCUT2D eigenvalue weighted by atomic mass is 16.3. The van der Waals surface area contributed by atoms with Gasteiger partial charge < -0.3 is 16.2 Å². The number of fused-ring (bicyclic) bond motifs is 1. The third kappa shape index (κ3) is 4.09. The zero-order valence-electron chi connectivity index (χ0n) is 16.9. The molecule has 31 heavy (non-hydrogen) atoms. The monoisotopic (exact) mass is 415 g/mol. The van der Waals surface area contributed by atoms with Gasteiger partial charge in [0.2, 0.25) is 5.91 Å². The summed E-state index contributed by atoms with van der Waals surface area (Å²) in [5.74, 6) is -0.135. The topological polar surface area (TPSA) is 142 Å². The van der Waals surface area contributed by atoms with Crippen LogP contribution in [0, 0.1) is 30.1 Å². The molecule has 2 atom stereocenters. The molecule has 1 aliphatic carbocycles. The smallest absolute Gasteiger partial charge is 0.230 e. The number of nitrogens with one attached hydrogen (secondary N) is 1. The van der Waals surface area contributed by atoms with Gasteiger partial charge in [-0.15, -0.1) is 0 Å². The molecule has 0 spiro atoms. The van der Waals surface area contributed by atoms with Crippen LogP contribution in [0.5, 0.6) is 0 Å². The summed E-state index contributed by atoms with van der Waals surface area (Å²) in [4.78, 5) is 33.0. The first-order valence-electron chi connectivity index (χ1n) is 9.93. The van der Waals surface area contributed by atoms with E-state index in [4.69, 9.17) is 16.1 Å². The SMILES string of the molecule is Cc1cc(C(=O)CCO)ccc1-c1cc2cc(NC(=O)[C@@H]3C[C@H]3C#N)ncc2c(N)n1. The molecule has 156 valence electrons. The number of aromatic nitrogens is 2. The molecule has 0 saturated heterocycles. The number of amides is 1. The number of nitriles is 1. The molecule has 0 aliphatic heterocycles. The van der Waals surface area contributed by atoms with Crippen molar-refractivity contribution in [2.45, 2.75) is 19.8 Å². The van der Waals surface area contributed by atoms with Gasteiger partial charge in [0.05, 0.1) is 30.2 Å². The molecule has 8 heteroatoms. The lowest BCUT2D eigenvalue weighted by Gasteiger charge is -2.11. The molecule has 0 bridgehead atoms. The number of aliphatic hydroxyl groups excluding tert-OH is 1. The maximum absolute atomic E-state index is 12.2. The molecule has 1 amide bonds. The molecule has 0 radical (unpaired) electrons. The number of carbonyl (C=O) groups is 2. The first kappa shape index (κ1) is 20.4. The number of aliphatic hydroxyl groups is 1. The van der Waals surface area contributed by atoms with Crippen LogP contribution in [-0.4, -0.2) is 33.4 Å². The number of nitrogen functional groups attached to an aromatic ring is 1. The number of hydrogen-bond acceptors (Lipinski definition) is 7. The average Bonchev–Trinajstić information content (AvgIpc) is 3.53. The van der Waals surface area contributed by atoms with Gasteiger partial charge >= 0.3 is 0 Å². The number of hydrogen-bond donors (Lipinski definition) is 3. The van der Waals surface area contributed by atoms with Crippen molar-refractivity contribution in [2.75, 3.05) is 17.7 Å². The van der Waals surface area contributed by atoms with Crippen LogP contribution in [0.25, 0.3) is 22.0 Å². The number of nitrogens with zero attached hydrogens (tertiary/aromatic N) is 3. The lowest BCUT2D eigenvalue weighted by molar-refractivity contribution is -0.117. The van der Waals surface area contributed by atoms with Crippen LogP contribution in [-0.2, 0) is 4.79 Å². The van der Waals surface area contributed by atoms with E-state index in [1.165, 1.54) is 0 Å². The summed E-state index contributed by atoms with van der Waals surface area (Å²) in [6, 6.07) is 11.0. The van der Waals surface area contributed by atoms with Crippen molar-refractivity contribution in [3.05, 3.63) is 47.7 Å². The highest BCUT2D eigenvalue weighted by Gasteiger charge is 2.43. The van der Waals surface area contributed by atoms with Crippen molar-refractivity contribution >= 4 is 34.1 Å². The minimum Gasteiger partial charge on any atom is -0.396 e. The average molecular weight is 415 g/mol. The molecule has 4 N–H and O–H groups in total. The zero-order valence-corrected chi connectivity index (χ0v) is 16.9. The molecule has 0 unspecified atom stereocenters. The summed E-state index contributed by atoms with van der Waals surface area (Å²) in [7, 11) is 0. The number of benzene rings is 1. The standard InChI is InChI=1S/C23H21N5O3/c1-12-6-13(20(30)4-5-29)2-3-16(12)19-8-14-9-21(26-11-18(14)22(25)27-19)28-23(31)17-7-15(17)10-24/h2-3,6,8-9,11,15,17,29H,4-5,7H2,1H3,(H2,25,27)(H,26,28,31)/t15-,17+/m0/s1. The maximum atomic E-state index is 12.2. The van der Waals surface area contributed by atoms with Gasteiger partial charge in [0.1, 0.15) is 11.6 Å². The van der Waals surface area contributed by atoms with E-state index in [1.54, 1.807) is 24.4 Å². The molecule has 1 aliphatic rings. The van der Waals surface area contributed by atoms with Gasteiger partial charge in [-0.3, -0.25) is 9.59 Å². The van der Waals surface area contributed by atoms with Crippen LogP contribution in [0.3, 0.4) is 0 Å². The minimum atomic E-state index is -0.282. The maximum Gasteiger partial charge on any atom is 0.230 e. The van der Waals surface area contributed by atoms with Gasteiger partial charge in [-0.2, -0.15) is 5.26 Å². The lowest BCUT2D eigenvalue weighted by Crippen LogP contribution is -2.15. The molecule has 1 fully saturated rings. The molecule has 1 aromatic carbocycles. The number of carbonyl (C=O) groups excluding carboxylic acids is 2. The number of rotatable bonds is 6. The number of ketones is 1. The second-order valence-corrected chi connectivity index (χ2v) is 7.68. The van der Waals surface area contributed by atoms with Crippen molar-refractivity contribution in [1.29, 1.82) is 5.26 Å². The number of anilines is 2. The summed E-state index contributed by atoms with van der Waals surface area (Å²) < 4.78 is 0. The van der Waals surface area contributed by atoms with Crippen LogP contribution >= 0.6 is 0 Å². The van der Waals surface area contributed by atoms with Crippen LogP contribution < -0.4 is 11.1 Å². The van der Waals surface area contributed by atoms with Gasteiger partial charge in [0, 0.05) is 29.1 Å². The van der Waals surface area contributed by atoms with Crippen LogP contribution in [0.4, 0.5) is 11.6 Å². The number of nitrogens with two attached hydrogens (primary N) is 1. The van der Waals surface area contributed by atoms with E-state index in [2.05, 4.69) is 21.4 Å². The normalized spacial score (nSPS) is 17.2. The third-order valence-electron chi connectivity index (χ3n) is 5.45. The molecular formula is C23H21N5O3. The van der Waals surface area contributed by atoms with Gasteiger partial charge in [-0.1, -0.05) is 12.1 Å². The largest absolute Gasteiger partial charge is 0.396 e. The molecule has 4 rings (SSSR count). The number of Topliss-reactive ketones (excluding diaryl/α,β-unsaturated/α-hetero) is 1. The second-order valence-electron chi connectivity index (χ2n) is 7.68. The van der Waals surface area contributed by atoms with Crippen molar-refractivity contribution in [3.63, 3.8) is 0 Å². The van der Waals surface area contributed by atoms with E-state index in [9.17, 15) is 9.59 Å². The van der Waals surface area contributed by atoms with E-state index < -0.39 is 0 Å². The molecule has 1 saturated carbocycles. The fourth-order valence-corrected chi connectivity index (χ4v) is 3.60. The van der Waals surface area contributed by atoms with Gasteiger partial charge in [0.15, 0.2) is 5.78 Å². The van der Waals surface area contributed by atoms with E-state index in [1.807, 2.05) is 19.1 Å². The second kappa shape index (κ2) is 8.13. The summed E-state index contributed by atoms with van der Waals surface area (Å²) in [5, 5.41) is 22.1. The fraction of sp³-hybridized carbons (Fsp3) is 0.261. The predicted octanol–water partition coefficient (Wildman–Crippen LogP) is 2.85. The quantitative estimate of drug-likeness (QED) is 0.525. The minimum absolute atomic E-state index is 0.0808. The van der Waals surface area contributed by atoms with E-state index >= 15 is 0 Å². The Labute approximate surface area is 178 Å². The summed E-state index contributed by atoms with van der Waals surface area (Å²) >= 11 is 0. The summed E-state index contributed by atoms with van der Waals surface area (Å²) in [6.07, 6.45) is 2.22. The highest BCUT2D eigenvalue weighted by molar-refractivity contribution is 5.99. The number of pyridine rings is 2. The Morgan fingerprint density at radius 2 is 2.13 bits per heavy atom. The van der Waals surface area contributed by atoms with Crippen LogP contribution in [0.2, 0.25) is 0 Å². The van der Waals surface area contributed by atoms with E-state index in [0.29, 0.717) is 34.7 Å². The Hall–Kier alpha value is -3.83. The highest BCUT2D eigenvalue weighted by Crippen LogP contribution is 2.38. The fourth-order valence-electron chi connectivity index (χ4n) is 3.60. The molecule has 8 nitrogen and oxygen atoms in total. The first-order valence-corrected chi connectivity index (χ1v) is 9.93. The third-order valence-corrected chi connectivity index (χ3v) is 5.45. The summed E-state index contributed by atoms with van der Waals surface area (Å²) in [5.41, 5.74) is 9.01. The summed E-state index contributed by atoms with van der Waals surface area (Å²) in [6.45, 7) is 1.69.